The summed E-state index contributed by atoms with van der Waals surface area (Å²) in [7, 11) is 0. The lowest BCUT2D eigenvalue weighted by Crippen LogP contribution is -2.34. The summed E-state index contributed by atoms with van der Waals surface area (Å²) >= 11 is 6.15. The molecule has 8 heteroatoms. The summed E-state index contributed by atoms with van der Waals surface area (Å²) in [6.45, 7) is 3.79. The first-order valence-corrected chi connectivity index (χ1v) is 8.20. The van der Waals surface area contributed by atoms with E-state index in [-0.39, 0.29) is 24.3 Å². The number of benzene rings is 1. The molecule has 0 bridgehead atoms. The lowest BCUT2D eigenvalue weighted by molar-refractivity contribution is -0.146. The second-order valence-electron chi connectivity index (χ2n) is 5.72. The van der Waals surface area contributed by atoms with Crippen molar-refractivity contribution in [1.82, 2.24) is 9.97 Å². The van der Waals surface area contributed by atoms with Gasteiger partial charge in [-0.1, -0.05) is 23.7 Å². The second-order valence-corrected chi connectivity index (χ2v) is 6.16. The number of esters is 1. The number of aromatic nitrogens is 2. The van der Waals surface area contributed by atoms with E-state index >= 15 is 0 Å². The van der Waals surface area contributed by atoms with E-state index in [0.717, 1.165) is 5.56 Å². The van der Waals surface area contributed by atoms with E-state index in [9.17, 15) is 4.79 Å². The van der Waals surface area contributed by atoms with Crippen molar-refractivity contribution in [3.05, 3.63) is 40.4 Å². The fourth-order valence-electron chi connectivity index (χ4n) is 3.12. The molecule has 130 valence electrons. The van der Waals surface area contributed by atoms with Gasteiger partial charge in [0.15, 0.2) is 5.82 Å². The maximum absolute atomic E-state index is 12.6. The Bertz CT molecular complexity index is 868. The number of rotatable bonds is 3. The average molecular weight is 360 g/mol. The summed E-state index contributed by atoms with van der Waals surface area (Å²) in [6.07, 6.45) is 0. The fourth-order valence-corrected chi connectivity index (χ4v) is 3.32. The van der Waals surface area contributed by atoms with Crippen LogP contribution in [0.25, 0.3) is 0 Å². The molecule has 1 aliphatic rings. The van der Waals surface area contributed by atoms with E-state index in [1.165, 1.54) is 0 Å². The Labute approximate surface area is 150 Å². The number of nitrogens with two attached hydrogens (primary N) is 2. The van der Waals surface area contributed by atoms with E-state index in [1.807, 2.05) is 12.1 Å². The largest absolute Gasteiger partial charge is 0.465 e. The number of fused-ring (bicyclic) bond motifs is 1. The van der Waals surface area contributed by atoms with Gasteiger partial charge in [0.2, 0.25) is 5.95 Å². The minimum atomic E-state index is -0.638. The quantitative estimate of drug-likeness (QED) is 0.814. The van der Waals surface area contributed by atoms with Gasteiger partial charge in [-0.15, -0.1) is 0 Å². The van der Waals surface area contributed by atoms with Crippen molar-refractivity contribution >= 4 is 40.9 Å². The lowest BCUT2D eigenvalue weighted by Gasteiger charge is -2.31. The number of carbonyl (C=O) groups is 1. The Hall–Kier alpha value is -2.67. The minimum absolute atomic E-state index is 0.0345. The highest BCUT2D eigenvalue weighted by molar-refractivity contribution is 6.30. The van der Waals surface area contributed by atoms with Crippen molar-refractivity contribution in [2.45, 2.75) is 19.8 Å². The molecule has 25 heavy (non-hydrogen) atoms. The smallest absolute Gasteiger partial charge is 0.315 e. The van der Waals surface area contributed by atoms with Crippen molar-refractivity contribution < 1.29 is 9.53 Å². The van der Waals surface area contributed by atoms with Crippen LogP contribution in [-0.2, 0) is 9.53 Å². The predicted molar refractivity (Wildman–Crippen MR) is 97.0 cm³/mol. The molecule has 0 saturated carbocycles. The maximum atomic E-state index is 12.6. The van der Waals surface area contributed by atoms with Crippen molar-refractivity contribution in [2.24, 2.45) is 10.9 Å². The molecular formula is C17H18ClN5O2. The minimum Gasteiger partial charge on any atom is -0.465 e. The van der Waals surface area contributed by atoms with Gasteiger partial charge in [-0.05, 0) is 31.5 Å². The first kappa shape index (κ1) is 17.2. The van der Waals surface area contributed by atoms with Crippen LogP contribution < -0.4 is 11.5 Å². The monoisotopic (exact) mass is 359 g/mol. The number of anilines is 2. The van der Waals surface area contributed by atoms with Gasteiger partial charge in [0.05, 0.1) is 6.61 Å². The molecule has 0 spiro atoms. The summed E-state index contributed by atoms with van der Waals surface area (Å²) in [4.78, 5) is 25.3. The first-order valence-electron chi connectivity index (χ1n) is 7.82. The standard InChI is InChI=1S/C17H18ClN5O2/c1-3-25-16(24)11-8(2)21-15-13(14(19)22-17(20)23-15)12(11)9-5-4-6-10(18)7-9/h4-7,11-12H,3H2,1-2H3,(H4,19,20,22,23). The number of nitrogen functional groups attached to an aromatic ring is 2. The summed E-state index contributed by atoms with van der Waals surface area (Å²) in [5, 5.41) is 0.553. The summed E-state index contributed by atoms with van der Waals surface area (Å²) < 4.78 is 5.25. The number of nitrogens with zero attached hydrogens (tertiary/aromatic N) is 3. The molecule has 3 rings (SSSR count). The van der Waals surface area contributed by atoms with Crippen LogP contribution >= 0.6 is 11.6 Å². The Morgan fingerprint density at radius 3 is 2.76 bits per heavy atom. The highest BCUT2D eigenvalue weighted by atomic mass is 35.5. The van der Waals surface area contributed by atoms with Crippen LogP contribution in [0.1, 0.15) is 30.9 Å². The van der Waals surface area contributed by atoms with Crippen LogP contribution in [0, 0.1) is 5.92 Å². The van der Waals surface area contributed by atoms with Crippen LogP contribution in [0.2, 0.25) is 5.02 Å². The number of aliphatic imine (C=N–C) groups is 1. The third-order valence-electron chi connectivity index (χ3n) is 4.10. The molecule has 0 fully saturated rings. The third-order valence-corrected chi connectivity index (χ3v) is 4.33. The molecule has 2 atom stereocenters. The van der Waals surface area contributed by atoms with Crippen molar-refractivity contribution in [2.75, 3.05) is 18.1 Å². The van der Waals surface area contributed by atoms with Gasteiger partial charge < -0.3 is 16.2 Å². The Balaban J connectivity index is 2.25. The van der Waals surface area contributed by atoms with Gasteiger partial charge in [0.1, 0.15) is 11.7 Å². The first-order chi connectivity index (χ1) is 11.9. The summed E-state index contributed by atoms with van der Waals surface area (Å²) in [6, 6.07) is 7.24. The third kappa shape index (κ3) is 3.15. The zero-order valence-corrected chi connectivity index (χ0v) is 14.6. The molecule has 2 aromatic rings. The van der Waals surface area contributed by atoms with Gasteiger partial charge in [0.25, 0.3) is 0 Å². The van der Waals surface area contributed by atoms with E-state index in [0.29, 0.717) is 22.1 Å². The van der Waals surface area contributed by atoms with Crippen LogP contribution in [0.15, 0.2) is 29.3 Å². The highest BCUT2D eigenvalue weighted by Gasteiger charge is 2.41. The van der Waals surface area contributed by atoms with Crippen molar-refractivity contribution in [3.63, 3.8) is 0 Å². The second kappa shape index (κ2) is 6.68. The molecule has 0 aliphatic carbocycles. The molecule has 0 saturated heterocycles. The SMILES string of the molecule is CCOC(=O)C1C(C)=Nc2nc(N)nc(N)c2C1c1cccc(Cl)c1. The molecule has 1 aromatic carbocycles. The van der Waals surface area contributed by atoms with E-state index in [1.54, 1.807) is 26.0 Å². The molecule has 0 radical (unpaired) electrons. The van der Waals surface area contributed by atoms with E-state index < -0.39 is 11.8 Å². The van der Waals surface area contributed by atoms with Crippen LogP contribution in [0.5, 0.6) is 0 Å². The zero-order valence-electron chi connectivity index (χ0n) is 13.9. The highest BCUT2D eigenvalue weighted by Crippen LogP contribution is 2.44. The zero-order chi connectivity index (χ0) is 18.1. The average Bonchev–Trinajstić information content (AvgIpc) is 2.53. The number of ether oxygens (including phenoxy) is 1. The van der Waals surface area contributed by atoms with Crippen molar-refractivity contribution in [3.8, 4) is 0 Å². The topological polar surface area (TPSA) is 116 Å². The van der Waals surface area contributed by atoms with Crippen molar-refractivity contribution in [1.29, 1.82) is 0 Å². The molecule has 1 aromatic heterocycles. The van der Waals surface area contributed by atoms with Gasteiger partial charge >= 0.3 is 5.97 Å². The number of halogens is 1. The summed E-state index contributed by atoms with van der Waals surface area (Å²) in [5.41, 5.74) is 13.7. The van der Waals surface area contributed by atoms with Crippen LogP contribution in [0.3, 0.4) is 0 Å². The van der Waals surface area contributed by atoms with Gasteiger partial charge in [-0.3, -0.25) is 4.79 Å². The Kier molecular flexibility index (Phi) is 4.59. The number of hydrogen-bond acceptors (Lipinski definition) is 7. The molecule has 7 nitrogen and oxygen atoms in total. The molecule has 0 amide bonds. The van der Waals surface area contributed by atoms with Gasteiger partial charge in [0, 0.05) is 22.2 Å². The maximum Gasteiger partial charge on any atom is 0.315 e. The van der Waals surface area contributed by atoms with Gasteiger partial charge in [-0.25, -0.2) is 4.99 Å². The number of carbonyl (C=O) groups excluding carboxylic acids is 1. The molecule has 2 heterocycles. The molecule has 1 aliphatic heterocycles. The lowest BCUT2D eigenvalue weighted by atomic mass is 9.77. The molecule has 2 unspecified atom stereocenters. The van der Waals surface area contributed by atoms with Crippen LogP contribution in [0.4, 0.5) is 17.6 Å². The fraction of sp³-hybridized carbons (Fsp3) is 0.294. The summed E-state index contributed by atoms with van der Waals surface area (Å²) in [5.74, 6) is -0.875. The van der Waals surface area contributed by atoms with Gasteiger partial charge in [-0.2, -0.15) is 9.97 Å². The van der Waals surface area contributed by atoms with Crippen LogP contribution in [-0.4, -0.2) is 28.3 Å². The molecule has 4 N–H and O–H groups in total. The predicted octanol–water partition coefficient (Wildman–Crippen LogP) is 2.71. The Morgan fingerprint density at radius 1 is 1.32 bits per heavy atom. The Morgan fingerprint density at radius 2 is 2.08 bits per heavy atom. The molecular weight excluding hydrogens is 342 g/mol. The van der Waals surface area contributed by atoms with E-state index in [2.05, 4.69) is 15.0 Å². The number of hydrogen-bond donors (Lipinski definition) is 2. The normalized spacial score (nSPS) is 19.1. The van der Waals surface area contributed by atoms with E-state index in [4.69, 9.17) is 27.8 Å².